The van der Waals surface area contributed by atoms with Gasteiger partial charge in [0.15, 0.2) is 0 Å². The molecule has 13 nitrogen and oxygen atoms in total. The van der Waals surface area contributed by atoms with Crippen molar-refractivity contribution in [1.82, 2.24) is 9.88 Å². The van der Waals surface area contributed by atoms with E-state index < -0.39 is 39.1 Å². The van der Waals surface area contributed by atoms with Crippen LogP contribution in [0.15, 0.2) is 72.3 Å². The number of nitrogens with one attached hydrogen (secondary N) is 1. The number of aryl methyl sites for hydroxylation is 3. The molecule has 222 valence electrons. The summed E-state index contributed by atoms with van der Waals surface area (Å²) >= 11 is 0. The summed E-state index contributed by atoms with van der Waals surface area (Å²) in [7, 11) is 0. The second-order valence-corrected chi connectivity index (χ2v) is 10.2. The molecular weight excluding hydrogens is 570 g/mol. The predicted octanol–water partition coefficient (Wildman–Crippen LogP) is 5.99. The highest BCUT2D eigenvalue weighted by Crippen LogP contribution is 2.35. The minimum absolute atomic E-state index is 0.153. The Labute approximate surface area is 250 Å². The molecule has 0 radical (unpaired) electrons. The van der Waals surface area contributed by atoms with Crippen molar-refractivity contribution in [2.24, 2.45) is 0 Å². The molecule has 1 aliphatic heterocycles. The fourth-order valence-corrected chi connectivity index (χ4v) is 5.10. The average molecular weight is 596 g/mol. The summed E-state index contributed by atoms with van der Waals surface area (Å²) in [5.41, 5.74) is 3.65. The summed E-state index contributed by atoms with van der Waals surface area (Å²) in [4.78, 5) is 60.8. The summed E-state index contributed by atoms with van der Waals surface area (Å²) in [6.45, 7) is 7.34. The zero-order valence-electron chi connectivity index (χ0n) is 24.0. The minimum Gasteiger partial charge on any atom is -0.450 e. The number of anilines is 1. The van der Waals surface area contributed by atoms with Crippen LogP contribution in [-0.4, -0.2) is 32.3 Å². The number of benzene rings is 3. The molecule has 0 unspecified atom stereocenters. The van der Waals surface area contributed by atoms with Gasteiger partial charge >= 0.3 is 11.7 Å². The van der Waals surface area contributed by atoms with Crippen LogP contribution in [0.25, 0.3) is 11.8 Å². The van der Waals surface area contributed by atoms with Crippen LogP contribution in [0.4, 0.5) is 21.9 Å². The first-order valence-electron chi connectivity index (χ1n) is 13.2. The number of rotatable bonds is 7. The minimum atomic E-state index is -0.825. The molecule has 0 spiro atoms. The molecule has 0 bridgehead atoms. The lowest BCUT2D eigenvalue weighted by Crippen LogP contribution is -2.54. The lowest BCUT2D eigenvalue weighted by Gasteiger charge is -2.27. The maximum Gasteiger partial charge on any atom is 0.335 e. The van der Waals surface area contributed by atoms with Crippen LogP contribution < -0.4 is 15.0 Å². The molecular formula is C31H25N5O8. The maximum atomic E-state index is 13.4. The largest absolute Gasteiger partial charge is 0.450 e. The zero-order valence-corrected chi connectivity index (χ0v) is 24.0. The van der Waals surface area contributed by atoms with Crippen LogP contribution in [0.3, 0.4) is 0 Å². The summed E-state index contributed by atoms with van der Waals surface area (Å²) < 4.78 is 7.54. The van der Waals surface area contributed by atoms with E-state index >= 15 is 0 Å². The van der Waals surface area contributed by atoms with E-state index in [0.717, 1.165) is 33.9 Å². The highest BCUT2D eigenvalue weighted by atomic mass is 16.6. The second-order valence-electron chi connectivity index (χ2n) is 10.2. The summed E-state index contributed by atoms with van der Waals surface area (Å²) in [6, 6.07) is 16.0. The fraction of sp³-hybridized carbons (Fsp3) is 0.129. The van der Waals surface area contributed by atoms with Gasteiger partial charge in [-0.15, -0.1) is 0 Å². The molecule has 0 aliphatic carbocycles. The average Bonchev–Trinajstić information content (AvgIpc) is 3.23. The van der Waals surface area contributed by atoms with E-state index in [1.165, 1.54) is 12.1 Å². The molecule has 1 saturated heterocycles. The first-order valence-corrected chi connectivity index (χ1v) is 13.2. The van der Waals surface area contributed by atoms with E-state index in [9.17, 15) is 34.6 Å². The Hall–Kier alpha value is -6.11. The summed E-state index contributed by atoms with van der Waals surface area (Å²) in [5, 5.41) is 24.7. The SMILES string of the molecule is Cc1cc(C)cc(N2C(=O)NC(=O)/C(=C\c3cc(C)n(-c4ccc(Oc5ccc([N+](=O)[O-])cc5[N+](=O)[O-])cc4)c3C)C2=O)c1. The van der Waals surface area contributed by atoms with E-state index in [2.05, 4.69) is 5.32 Å². The lowest BCUT2D eigenvalue weighted by molar-refractivity contribution is -0.394. The number of non-ortho nitro benzene ring substituents is 1. The van der Waals surface area contributed by atoms with Crippen molar-refractivity contribution < 1.29 is 29.0 Å². The fourth-order valence-electron chi connectivity index (χ4n) is 5.10. The van der Waals surface area contributed by atoms with Crippen LogP contribution in [-0.2, 0) is 9.59 Å². The predicted molar refractivity (Wildman–Crippen MR) is 160 cm³/mol. The molecule has 13 heteroatoms. The van der Waals surface area contributed by atoms with Crippen LogP contribution >= 0.6 is 0 Å². The number of hydrogen-bond donors (Lipinski definition) is 1. The quantitative estimate of drug-likeness (QED) is 0.118. The summed E-state index contributed by atoms with van der Waals surface area (Å²) in [6.07, 6.45) is 1.45. The van der Waals surface area contributed by atoms with E-state index in [1.54, 1.807) is 42.5 Å². The summed E-state index contributed by atoms with van der Waals surface area (Å²) in [5.74, 6) is -1.43. The maximum absolute atomic E-state index is 13.4. The van der Waals surface area contributed by atoms with Gasteiger partial charge in [-0.25, -0.2) is 9.69 Å². The number of aromatic nitrogens is 1. The zero-order chi connectivity index (χ0) is 31.9. The number of amides is 4. The van der Waals surface area contributed by atoms with Gasteiger partial charge < -0.3 is 9.30 Å². The molecule has 0 saturated carbocycles. The van der Waals surface area contributed by atoms with E-state index in [0.29, 0.717) is 22.6 Å². The smallest absolute Gasteiger partial charge is 0.335 e. The number of nitro benzene ring substituents is 2. The number of ether oxygens (including phenoxy) is 1. The number of nitro groups is 2. The standard InChI is InChI=1S/C31H25N5O8/c1-17-11-18(2)13-24(12-17)34-30(38)26(29(37)32-31(34)39)15-21-14-19(3)33(20(21)4)22-5-8-25(9-6-22)44-28-10-7-23(35(40)41)16-27(28)36(42)43/h5-16H,1-4H3,(H,32,37,39)/b26-15+. The van der Waals surface area contributed by atoms with Crippen LogP contribution in [0.5, 0.6) is 11.5 Å². The normalized spacial score (nSPS) is 14.1. The first-order chi connectivity index (χ1) is 20.8. The topological polar surface area (TPSA) is 167 Å². The van der Waals surface area contributed by atoms with Gasteiger partial charge in [0.1, 0.15) is 11.3 Å². The van der Waals surface area contributed by atoms with E-state index in [4.69, 9.17) is 4.74 Å². The van der Waals surface area contributed by atoms with Crippen LogP contribution in [0.1, 0.15) is 28.1 Å². The van der Waals surface area contributed by atoms with Crippen molar-refractivity contribution in [2.45, 2.75) is 27.7 Å². The van der Waals surface area contributed by atoms with Crippen LogP contribution in [0, 0.1) is 47.9 Å². The van der Waals surface area contributed by atoms with Crippen molar-refractivity contribution in [3.63, 3.8) is 0 Å². The second kappa shape index (κ2) is 11.3. The molecule has 0 atom stereocenters. The highest BCUT2D eigenvalue weighted by molar-refractivity contribution is 6.39. The lowest BCUT2D eigenvalue weighted by atomic mass is 10.1. The third-order valence-electron chi connectivity index (χ3n) is 7.01. The molecule has 1 aliphatic rings. The molecule has 4 amide bonds. The Kier molecular flexibility index (Phi) is 7.54. The Morgan fingerprint density at radius 3 is 2.07 bits per heavy atom. The number of carbonyl (C=O) groups is 3. The molecule has 1 fully saturated rings. The Morgan fingerprint density at radius 2 is 1.45 bits per heavy atom. The van der Waals surface area contributed by atoms with Crippen molar-refractivity contribution in [1.29, 1.82) is 0 Å². The molecule has 1 aromatic heterocycles. The number of barbiturate groups is 1. The first kappa shape index (κ1) is 29.4. The van der Waals surface area contributed by atoms with E-state index in [1.807, 2.05) is 38.3 Å². The van der Waals surface area contributed by atoms with Crippen molar-refractivity contribution >= 4 is 41.0 Å². The third kappa shape index (κ3) is 5.53. The molecule has 5 rings (SSSR count). The Morgan fingerprint density at radius 1 is 0.795 bits per heavy atom. The molecule has 1 N–H and O–H groups in total. The van der Waals surface area contributed by atoms with Gasteiger partial charge in [-0.2, -0.15) is 0 Å². The number of nitrogens with zero attached hydrogens (tertiary/aromatic N) is 4. The van der Waals surface area contributed by atoms with Gasteiger partial charge in [0.05, 0.1) is 21.6 Å². The molecule has 4 aromatic rings. The monoisotopic (exact) mass is 595 g/mol. The number of urea groups is 1. The third-order valence-corrected chi connectivity index (χ3v) is 7.01. The Bertz CT molecular complexity index is 1900. The van der Waals surface area contributed by atoms with E-state index in [-0.39, 0.29) is 17.1 Å². The van der Waals surface area contributed by atoms with Gasteiger partial charge in [0, 0.05) is 23.1 Å². The molecule has 2 heterocycles. The van der Waals surface area contributed by atoms with Gasteiger partial charge in [-0.1, -0.05) is 6.07 Å². The van der Waals surface area contributed by atoms with Gasteiger partial charge in [0.25, 0.3) is 17.5 Å². The number of hydrogen-bond acceptors (Lipinski definition) is 8. The van der Waals surface area contributed by atoms with Crippen LogP contribution in [0.2, 0.25) is 0 Å². The highest BCUT2D eigenvalue weighted by Gasteiger charge is 2.37. The van der Waals surface area contributed by atoms with Gasteiger partial charge in [0.2, 0.25) is 5.75 Å². The van der Waals surface area contributed by atoms with Gasteiger partial charge in [-0.05, 0) is 99.0 Å². The molecule has 3 aromatic carbocycles. The number of imide groups is 2. The van der Waals surface area contributed by atoms with Crippen molar-refractivity contribution in [3.05, 3.63) is 121 Å². The Balaban J connectivity index is 1.44. The van der Waals surface area contributed by atoms with Crippen molar-refractivity contribution in [3.8, 4) is 17.2 Å². The van der Waals surface area contributed by atoms with Crippen molar-refractivity contribution in [2.75, 3.05) is 4.90 Å². The van der Waals surface area contributed by atoms with Gasteiger partial charge in [-0.3, -0.25) is 35.1 Å². The number of carbonyl (C=O) groups excluding carboxylic acids is 3. The molecule has 44 heavy (non-hydrogen) atoms.